The van der Waals surface area contributed by atoms with Crippen molar-refractivity contribution in [3.8, 4) is 5.75 Å². The third-order valence-corrected chi connectivity index (χ3v) is 5.89. The molecule has 178 valence electrons. The van der Waals surface area contributed by atoms with Crippen LogP contribution in [0.25, 0.3) is 10.9 Å². The fourth-order valence-corrected chi connectivity index (χ4v) is 4.08. The Labute approximate surface area is 202 Å². The average molecular weight is 471 g/mol. The van der Waals surface area contributed by atoms with Crippen LogP contribution in [-0.2, 0) is 26.2 Å². The summed E-state index contributed by atoms with van der Waals surface area (Å²) < 4.78 is 12.5. The van der Waals surface area contributed by atoms with E-state index >= 15 is 0 Å². The Kier molecular flexibility index (Phi) is 6.40. The second kappa shape index (κ2) is 9.94. The number of furan rings is 1. The van der Waals surface area contributed by atoms with Crippen molar-refractivity contribution >= 4 is 10.9 Å². The molecule has 0 unspecified atom stereocenters. The molecule has 0 saturated heterocycles. The maximum absolute atomic E-state index is 12.9. The fourth-order valence-electron chi connectivity index (χ4n) is 4.08. The molecule has 0 fully saturated rings. The van der Waals surface area contributed by atoms with Gasteiger partial charge in [-0.05, 0) is 70.3 Å². The van der Waals surface area contributed by atoms with Crippen LogP contribution in [0.1, 0.15) is 28.3 Å². The molecule has 0 atom stereocenters. The number of ether oxygens (including phenoxy) is 1. The molecule has 5 rings (SSSR count). The summed E-state index contributed by atoms with van der Waals surface area (Å²) in [4.78, 5) is 18.1. The summed E-state index contributed by atoms with van der Waals surface area (Å²) in [6.45, 7) is 3.92. The van der Waals surface area contributed by atoms with Gasteiger partial charge < -0.3 is 14.1 Å². The second-order valence-corrected chi connectivity index (χ2v) is 8.54. The molecule has 0 saturated carbocycles. The molecule has 1 N–H and O–H groups in total. The van der Waals surface area contributed by atoms with Gasteiger partial charge in [0, 0.05) is 24.2 Å². The summed E-state index contributed by atoms with van der Waals surface area (Å²) >= 11 is 0. The highest BCUT2D eigenvalue weighted by Crippen LogP contribution is 2.18. The van der Waals surface area contributed by atoms with Crippen LogP contribution in [0.15, 0.2) is 76.1 Å². The monoisotopic (exact) mass is 470 g/mol. The normalized spacial score (nSPS) is 11.4. The fraction of sp³-hybridized carbons (Fsp3) is 0.231. The number of rotatable bonds is 9. The van der Waals surface area contributed by atoms with Crippen LogP contribution >= 0.6 is 0 Å². The number of hydrogen-bond acceptors (Lipinski definition) is 7. The van der Waals surface area contributed by atoms with Crippen molar-refractivity contribution in [3.05, 3.63) is 106 Å². The van der Waals surface area contributed by atoms with Crippen molar-refractivity contribution < 1.29 is 9.15 Å². The highest BCUT2D eigenvalue weighted by molar-refractivity contribution is 5.79. The van der Waals surface area contributed by atoms with Gasteiger partial charge in [0.05, 0.1) is 19.9 Å². The predicted octanol–water partition coefficient (Wildman–Crippen LogP) is 3.68. The Morgan fingerprint density at radius 1 is 1.06 bits per heavy atom. The van der Waals surface area contributed by atoms with E-state index in [1.165, 1.54) is 0 Å². The van der Waals surface area contributed by atoms with E-state index in [2.05, 4.69) is 25.4 Å². The number of tetrazole rings is 1. The van der Waals surface area contributed by atoms with Crippen LogP contribution < -0.4 is 10.3 Å². The number of aryl methyl sites for hydroxylation is 1. The standard InChI is InChI=1S/C26H26N6O3/c1-18-5-8-20-13-21(26(33)27-24(20)12-18)15-31(14-19-6-9-22(34-2)10-7-19)17-25-28-29-30-32(25)16-23-4-3-11-35-23/h3-13H,14-17H2,1-2H3,(H,27,33). The van der Waals surface area contributed by atoms with Crippen LogP contribution in [0.2, 0.25) is 0 Å². The first kappa shape index (κ1) is 22.5. The van der Waals surface area contributed by atoms with Gasteiger partial charge in [-0.2, -0.15) is 0 Å². The van der Waals surface area contributed by atoms with Crippen molar-refractivity contribution in [1.29, 1.82) is 0 Å². The number of aromatic nitrogens is 5. The number of H-pyrrole nitrogens is 1. The molecular formula is C26H26N6O3. The van der Waals surface area contributed by atoms with Crippen molar-refractivity contribution in [2.75, 3.05) is 7.11 Å². The number of nitrogens with zero attached hydrogens (tertiary/aromatic N) is 5. The number of pyridine rings is 1. The van der Waals surface area contributed by atoms with E-state index in [9.17, 15) is 4.79 Å². The molecule has 0 aliphatic rings. The minimum Gasteiger partial charge on any atom is -0.497 e. The molecule has 3 heterocycles. The second-order valence-electron chi connectivity index (χ2n) is 8.54. The minimum absolute atomic E-state index is 0.0991. The van der Waals surface area contributed by atoms with Crippen LogP contribution in [-0.4, -0.2) is 37.2 Å². The molecule has 0 radical (unpaired) electrons. The first-order chi connectivity index (χ1) is 17.1. The Morgan fingerprint density at radius 3 is 2.69 bits per heavy atom. The summed E-state index contributed by atoms with van der Waals surface area (Å²) in [5.41, 5.74) is 3.61. The van der Waals surface area contributed by atoms with Gasteiger partial charge in [-0.3, -0.25) is 9.69 Å². The molecule has 0 spiro atoms. The molecule has 3 aromatic heterocycles. The molecular weight excluding hydrogens is 444 g/mol. The Bertz CT molecular complexity index is 1470. The van der Waals surface area contributed by atoms with Gasteiger partial charge in [-0.15, -0.1) is 5.10 Å². The Hall–Kier alpha value is -4.24. The van der Waals surface area contributed by atoms with Crippen molar-refractivity contribution in [2.45, 2.75) is 33.1 Å². The molecule has 2 aromatic carbocycles. The van der Waals surface area contributed by atoms with E-state index < -0.39 is 0 Å². The number of methoxy groups -OCH3 is 1. The van der Waals surface area contributed by atoms with Crippen LogP contribution in [0.4, 0.5) is 0 Å². The van der Waals surface area contributed by atoms with Gasteiger partial charge in [0.1, 0.15) is 18.1 Å². The van der Waals surface area contributed by atoms with Gasteiger partial charge in [0.15, 0.2) is 5.82 Å². The third kappa shape index (κ3) is 5.30. The molecule has 0 bridgehead atoms. The summed E-state index contributed by atoms with van der Waals surface area (Å²) in [6.07, 6.45) is 1.63. The number of fused-ring (bicyclic) bond motifs is 1. The zero-order valence-corrected chi connectivity index (χ0v) is 19.6. The molecule has 5 aromatic rings. The predicted molar refractivity (Wildman–Crippen MR) is 131 cm³/mol. The number of hydrogen-bond donors (Lipinski definition) is 1. The lowest BCUT2D eigenvalue weighted by Crippen LogP contribution is -2.28. The van der Waals surface area contributed by atoms with Gasteiger partial charge in [0.25, 0.3) is 5.56 Å². The van der Waals surface area contributed by atoms with Gasteiger partial charge >= 0.3 is 0 Å². The van der Waals surface area contributed by atoms with Crippen molar-refractivity contribution in [3.63, 3.8) is 0 Å². The molecule has 0 aliphatic carbocycles. The van der Waals surface area contributed by atoms with Gasteiger partial charge in [-0.1, -0.05) is 24.3 Å². The Balaban J connectivity index is 1.44. The summed E-state index contributed by atoms with van der Waals surface area (Å²) in [6, 6.07) is 19.6. The quantitative estimate of drug-likeness (QED) is 0.351. The minimum atomic E-state index is -0.0991. The van der Waals surface area contributed by atoms with E-state index in [0.29, 0.717) is 37.6 Å². The van der Waals surface area contributed by atoms with E-state index in [4.69, 9.17) is 9.15 Å². The van der Waals surface area contributed by atoms with Gasteiger partial charge in [0.2, 0.25) is 0 Å². The van der Waals surface area contributed by atoms with Crippen LogP contribution in [0.3, 0.4) is 0 Å². The largest absolute Gasteiger partial charge is 0.497 e. The highest BCUT2D eigenvalue weighted by atomic mass is 16.5. The summed E-state index contributed by atoms with van der Waals surface area (Å²) in [5.74, 6) is 2.24. The van der Waals surface area contributed by atoms with E-state index in [1.807, 2.05) is 67.6 Å². The third-order valence-electron chi connectivity index (χ3n) is 5.89. The molecule has 35 heavy (non-hydrogen) atoms. The average Bonchev–Trinajstić information content (AvgIpc) is 3.53. The lowest BCUT2D eigenvalue weighted by Gasteiger charge is -2.22. The van der Waals surface area contributed by atoms with Crippen molar-refractivity contribution in [1.82, 2.24) is 30.1 Å². The molecule has 9 nitrogen and oxygen atoms in total. The maximum atomic E-state index is 12.9. The van der Waals surface area contributed by atoms with E-state index in [1.54, 1.807) is 18.1 Å². The molecule has 0 aliphatic heterocycles. The lowest BCUT2D eigenvalue weighted by atomic mass is 10.1. The smallest absolute Gasteiger partial charge is 0.252 e. The Morgan fingerprint density at radius 2 is 1.91 bits per heavy atom. The SMILES string of the molecule is COc1ccc(CN(Cc2cc3ccc(C)cc3[nH]c2=O)Cc2nnnn2Cc2ccco2)cc1. The first-order valence-electron chi connectivity index (χ1n) is 11.3. The maximum Gasteiger partial charge on any atom is 0.252 e. The summed E-state index contributed by atoms with van der Waals surface area (Å²) in [7, 11) is 1.65. The lowest BCUT2D eigenvalue weighted by molar-refractivity contribution is 0.235. The zero-order chi connectivity index (χ0) is 24.2. The van der Waals surface area contributed by atoms with E-state index in [-0.39, 0.29) is 5.56 Å². The summed E-state index contributed by atoms with van der Waals surface area (Å²) in [5, 5.41) is 13.2. The van der Waals surface area contributed by atoms with E-state index in [0.717, 1.165) is 33.5 Å². The number of aromatic amines is 1. The van der Waals surface area contributed by atoms with Crippen molar-refractivity contribution in [2.24, 2.45) is 0 Å². The zero-order valence-electron chi connectivity index (χ0n) is 19.6. The van der Waals surface area contributed by atoms with Crippen LogP contribution in [0.5, 0.6) is 5.75 Å². The topological polar surface area (TPSA) is 102 Å². The number of nitrogens with one attached hydrogen (secondary N) is 1. The first-order valence-corrected chi connectivity index (χ1v) is 11.3. The molecule has 0 amide bonds. The van der Waals surface area contributed by atoms with Crippen LogP contribution in [0, 0.1) is 6.92 Å². The van der Waals surface area contributed by atoms with Gasteiger partial charge in [-0.25, -0.2) is 4.68 Å². The highest BCUT2D eigenvalue weighted by Gasteiger charge is 2.16. The molecule has 9 heteroatoms. The number of benzene rings is 2.